The molecule has 7 nitrogen and oxygen atoms in total. The topological polar surface area (TPSA) is 80.2 Å². The highest BCUT2D eigenvalue weighted by molar-refractivity contribution is 7.15. The molecule has 3 rings (SSSR count). The monoisotopic (exact) mass is 351 g/mol. The minimum absolute atomic E-state index is 0.0186. The molecule has 1 aliphatic rings. The van der Waals surface area contributed by atoms with E-state index in [1.807, 2.05) is 6.92 Å². The largest absolute Gasteiger partial charge is 0.473 e. The van der Waals surface area contributed by atoms with Gasteiger partial charge in [0.2, 0.25) is 17.7 Å². The van der Waals surface area contributed by atoms with E-state index in [0.29, 0.717) is 29.0 Å². The van der Waals surface area contributed by atoms with Gasteiger partial charge < -0.3 is 10.1 Å². The lowest BCUT2D eigenvalue weighted by atomic mass is 10.3. The molecule has 2 aromatic rings. The van der Waals surface area contributed by atoms with E-state index in [9.17, 15) is 9.18 Å². The summed E-state index contributed by atoms with van der Waals surface area (Å²) in [6.45, 7) is 5.20. The van der Waals surface area contributed by atoms with Gasteiger partial charge in [0.15, 0.2) is 5.13 Å². The lowest BCUT2D eigenvalue weighted by Crippen LogP contribution is -2.24. The van der Waals surface area contributed by atoms with Crippen LogP contribution in [0, 0.1) is 12.9 Å². The number of anilines is 1. The van der Waals surface area contributed by atoms with Crippen molar-refractivity contribution in [2.75, 3.05) is 18.4 Å². The number of halogens is 1. The molecule has 0 radical (unpaired) electrons. The zero-order valence-corrected chi connectivity index (χ0v) is 14.3. The summed E-state index contributed by atoms with van der Waals surface area (Å²) in [5.74, 6) is -0.226. The Kier molecular flexibility index (Phi) is 5.00. The number of carbonyl (C=O) groups is 1. The van der Waals surface area contributed by atoms with Gasteiger partial charge in [-0.2, -0.15) is 9.37 Å². The van der Waals surface area contributed by atoms with E-state index in [4.69, 9.17) is 4.74 Å². The van der Waals surface area contributed by atoms with E-state index < -0.39 is 5.95 Å². The van der Waals surface area contributed by atoms with Crippen LogP contribution in [0.3, 0.4) is 0 Å². The second-order valence-electron chi connectivity index (χ2n) is 5.68. The fraction of sp³-hybridized carbons (Fsp3) is 0.467. The molecule has 24 heavy (non-hydrogen) atoms. The van der Waals surface area contributed by atoms with Gasteiger partial charge in [0, 0.05) is 38.3 Å². The van der Waals surface area contributed by atoms with Crippen molar-refractivity contribution in [3.8, 4) is 5.88 Å². The van der Waals surface area contributed by atoms with Crippen molar-refractivity contribution in [3.63, 3.8) is 0 Å². The number of thiazole rings is 1. The van der Waals surface area contributed by atoms with Crippen molar-refractivity contribution < 1.29 is 13.9 Å². The van der Waals surface area contributed by atoms with Crippen LogP contribution in [0.25, 0.3) is 0 Å². The number of carbonyl (C=O) groups excluding carboxylic acids is 1. The van der Waals surface area contributed by atoms with Crippen LogP contribution in [0.1, 0.15) is 23.9 Å². The number of nitrogens with zero attached hydrogens (tertiary/aromatic N) is 4. The maximum absolute atomic E-state index is 13.9. The van der Waals surface area contributed by atoms with Crippen molar-refractivity contribution in [1.82, 2.24) is 19.9 Å². The Morgan fingerprint density at radius 3 is 3.12 bits per heavy atom. The smallest absolute Gasteiger partial charge is 0.230 e. The highest BCUT2D eigenvalue weighted by Crippen LogP contribution is 2.25. The van der Waals surface area contributed by atoms with E-state index in [2.05, 4.69) is 25.2 Å². The maximum atomic E-state index is 13.9. The Hall–Kier alpha value is -2.13. The third kappa shape index (κ3) is 4.24. The number of amides is 1. The van der Waals surface area contributed by atoms with Gasteiger partial charge in [0.1, 0.15) is 12.4 Å². The summed E-state index contributed by atoms with van der Waals surface area (Å²) in [4.78, 5) is 25.5. The molecule has 1 fully saturated rings. The molecule has 1 aliphatic heterocycles. The summed E-state index contributed by atoms with van der Waals surface area (Å²) in [5.41, 5.74) is 0.854. The molecular weight excluding hydrogens is 333 g/mol. The van der Waals surface area contributed by atoms with Crippen molar-refractivity contribution in [2.45, 2.75) is 32.9 Å². The van der Waals surface area contributed by atoms with Gasteiger partial charge in [-0.1, -0.05) is 11.3 Å². The number of aromatic nitrogens is 3. The molecule has 1 amide bonds. The average molecular weight is 351 g/mol. The SMILES string of the molecule is CC(=O)Nc1nc(F)c(CN2CC[C@H](Oc3cc(C)ncn3)C2)s1. The quantitative estimate of drug-likeness (QED) is 0.887. The fourth-order valence-corrected chi connectivity index (χ4v) is 3.47. The standard InChI is InChI=1S/C15H18FN5O2S/c1-9-5-13(18-8-17-9)23-11-3-4-21(6-11)7-12-14(16)20-15(24-12)19-10(2)22/h5,8,11H,3-4,6-7H2,1-2H3,(H,19,20,22)/t11-/m0/s1. The first kappa shape index (κ1) is 16.7. The van der Waals surface area contributed by atoms with Gasteiger partial charge in [0.05, 0.1) is 4.88 Å². The molecule has 128 valence electrons. The molecule has 1 saturated heterocycles. The summed E-state index contributed by atoms with van der Waals surface area (Å²) in [6.07, 6.45) is 2.35. The van der Waals surface area contributed by atoms with Gasteiger partial charge in [-0.05, 0) is 13.3 Å². The Bertz CT molecular complexity index is 738. The first-order chi connectivity index (χ1) is 11.5. The van der Waals surface area contributed by atoms with Crippen LogP contribution in [-0.2, 0) is 11.3 Å². The molecule has 3 heterocycles. The Labute approximate surface area is 142 Å². The molecule has 0 aromatic carbocycles. The Morgan fingerprint density at radius 1 is 1.54 bits per heavy atom. The fourth-order valence-electron chi connectivity index (χ4n) is 2.54. The van der Waals surface area contributed by atoms with E-state index in [1.54, 1.807) is 6.07 Å². The second kappa shape index (κ2) is 7.18. The van der Waals surface area contributed by atoms with Crippen molar-refractivity contribution in [2.24, 2.45) is 0 Å². The highest BCUT2D eigenvalue weighted by Gasteiger charge is 2.26. The van der Waals surface area contributed by atoms with Gasteiger partial charge in [-0.15, -0.1) is 0 Å². The number of aryl methyl sites for hydroxylation is 1. The van der Waals surface area contributed by atoms with Gasteiger partial charge in [0.25, 0.3) is 0 Å². The van der Waals surface area contributed by atoms with E-state index >= 15 is 0 Å². The molecule has 0 aliphatic carbocycles. The van der Waals surface area contributed by atoms with Crippen molar-refractivity contribution in [3.05, 3.63) is 28.9 Å². The molecule has 0 unspecified atom stereocenters. The molecule has 1 atom stereocenters. The molecule has 1 N–H and O–H groups in total. The minimum atomic E-state index is -0.528. The molecule has 0 spiro atoms. The molecule has 0 saturated carbocycles. The van der Waals surface area contributed by atoms with Crippen LogP contribution in [0.4, 0.5) is 9.52 Å². The van der Waals surface area contributed by atoms with Gasteiger partial charge >= 0.3 is 0 Å². The second-order valence-corrected chi connectivity index (χ2v) is 6.76. The number of hydrogen-bond donors (Lipinski definition) is 1. The van der Waals surface area contributed by atoms with Crippen LogP contribution in [-0.4, -0.2) is 45.0 Å². The van der Waals surface area contributed by atoms with Crippen LogP contribution in [0.15, 0.2) is 12.4 Å². The van der Waals surface area contributed by atoms with E-state index in [1.165, 1.54) is 13.3 Å². The number of rotatable bonds is 5. The number of nitrogens with one attached hydrogen (secondary N) is 1. The zero-order valence-electron chi connectivity index (χ0n) is 13.5. The normalized spacial score (nSPS) is 17.9. The summed E-state index contributed by atoms with van der Waals surface area (Å²) in [7, 11) is 0. The summed E-state index contributed by atoms with van der Waals surface area (Å²) in [5, 5.41) is 2.80. The Morgan fingerprint density at radius 2 is 2.38 bits per heavy atom. The van der Waals surface area contributed by atoms with Crippen LogP contribution < -0.4 is 10.1 Å². The first-order valence-corrected chi connectivity index (χ1v) is 8.41. The molecule has 9 heteroatoms. The van der Waals surface area contributed by atoms with Crippen LogP contribution in [0.5, 0.6) is 5.88 Å². The van der Waals surface area contributed by atoms with Gasteiger partial charge in [-0.3, -0.25) is 9.69 Å². The highest BCUT2D eigenvalue weighted by atomic mass is 32.1. The summed E-state index contributed by atoms with van der Waals surface area (Å²) in [6, 6.07) is 1.80. The van der Waals surface area contributed by atoms with Crippen molar-refractivity contribution >= 4 is 22.4 Å². The van der Waals surface area contributed by atoms with Crippen molar-refractivity contribution in [1.29, 1.82) is 0 Å². The molecular formula is C15H18FN5O2S. The third-order valence-corrected chi connectivity index (χ3v) is 4.53. The van der Waals surface area contributed by atoms with Gasteiger partial charge in [-0.25, -0.2) is 9.97 Å². The third-order valence-electron chi connectivity index (χ3n) is 3.60. The zero-order chi connectivity index (χ0) is 17.1. The number of ether oxygens (including phenoxy) is 1. The minimum Gasteiger partial charge on any atom is -0.473 e. The predicted molar refractivity (Wildman–Crippen MR) is 87.5 cm³/mol. The lowest BCUT2D eigenvalue weighted by Gasteiger charge is -2.15. The predicted octanol–water partition coefficient (Wildman–Crippen LogP) is 1.99. The molecule has 0 bridgehead atoms. The number of hydrogen-bond acceptors (Lipinski definition) is 7. The average Bonchev–Trinajstić information content (AvgIpc) is 3.06. The van der Waals surface area contributed by atoms with E-state index in [-0.39, 0.29) is 12.0 Å². The molecule has 2 aromatic heterocycles. The summed E-state index contributed by atoms with van der Waals surface area (Å²) >= 11 is 1.16. The lowest BCUT2D eigenvalue weighted by molar-refractivity contribution is -0.114. The number of likely N-dealkylation sites (tertiary alicyclic amines) is 1. The maximum Gasteiger partial charge on any atom is 0.230 e. The van der Waals surface area contributed by atoms with Crippen LogP contribution in [0.2, 0.25) is 0 Å². The van der Waals surface area contributed by atoms with Crippen LogP contribution >= 0.6 is 11.3 Å². The first-order valence-electron chi connectivity index (χ1n) is 7.60. The Balaban J connectivity index is 1.56. The summed E-state index contributed by atoms with van der Waals surface area (Å²) < 4.78 is 19.7. The van der Waals surface area contributed by atoms with E-state index in [0.717, 1.165) is 30.0 Å².